The summed E-state index contributed by atoms with van der Waals surface area (Å²) in [5.74, 6) is 3.85. The maximum atomic E-state index is 13.7. The number of hydrogen-bond donors (Lipinski definition) is 1. The molecule has 0 bridgehead atoms. The van der Waals surface area contributed by atoms with Crippen LogP contribution in [-0.4, -0.2) is 26.3 Å². The van der Waals surface area contributed by atoms with Gasteiger partial charge in [-0.15, -0.1) is 0 Å². The molecule has 4 saturated carbocycles. The van der Waals surface area contributed by atoms with Crippen molar-refractivity contribution in [2.24, 2.45) is 46.8 Å². The number of rotatable bonds is 4. The largest absolute Gasteiger partial charge is 0.390 e. The van der Waals surface area contributed by atoms with Crippen LogP contribution in [0.4, 0.5) is 0 Å². The van der Waals surface area contributed by atoms with Gasteiger partial charge in [-0.25, -0.2) is 0 Å². The summed E-state index contributed by atoms with van der Waals surface area (Å²) in [5, 5.41) is 24.5. The number of fused-ring (bicyclic) bond motifs is 5. The molecule has 1 heterocycles. The molecule has 0 unspecified atom stereocenters. The molecular formula is C27H39N3O2. The SMILES string of the molecule is CC(C)[C@@]1(O)CC[C@H]2[C@H](CC[C@@H]3[C@@H]2C(=O)C[C@]2(C)[C@@H](CCn4cc(C#N)cn4)CC[C@@H]32)C1. The van der Waals surface area contributed by atoms with Crippen molar-refractivity contribution in [2.75, 3.05) is 0 Å². The molecule has 4 aliphatic rings. The molecular weight excluding hydrogens is 398 g/mol. The first-order chi connectivity index (χ1) is 15.2. The fourth-order valence-electron chi connectivity index (χ4n) is 8.63. The van der Waals surface area contributed by atoms with Crippen molar-refractivity contribution < 1.29 is 9.90 Å². The lowest BCUT2D eigenvalue weighted by atomic mass is 9.48. The lowest BCUT2D eigenvalue weighted by molar-refractivity contribution is -0.154. The highest BCUT2D eigenvalue weighted by Crippen LogP contribution is 2.64. The summed E-state index contributed by atoms with van der Waals surface area (Å²) in [6, 6.07) is 2.16. The van der Waals surface area contributed by atoms with Crippen molar-refractivity contribution in [1.29, 1.82) is 5.26 Å². The predicted octanol–water partition coefficient (Wildman–Crippen LogP) is 4.98. The van der Waals surface area contributed by atoms with Crippen LogP contribution < -0.4 is 0 Å². The highest BCUT2D eigenvalue weighted by Gasteiger charge is 2.60. The molecule has 4 fully saturated rings. The highest BCUT2D eigenvalue weighted by atomic mass is 16.3. The molecule has 8 atom stereocenters. The third-order valence-electron chi connectivity index (χ3n) is 10.5. The molecule has 5 nitrogen and oxygen atoms in total. The van der Waals surface area contributed by atoms with Crippen LogP contribution in [0, 0.1) is 58.2 Å². The number of ketones is 1. The van der Waals surface area contributed by atoms with Crippen LogP contribution >= 0.6 is 0 Å². The summed E-state index contributed by atoms with van der Waals surface area (Å²) in [7, 11) is 0. The molecule has 0 spiro atoms. The second-order valence-corrected chi connectivity index (χ2v) is 12.1. The molecule has 0 saturated heterocycles. The Bertz CT molecular complexity index is 916. The van der Waals surface area contributed by atoms with Crippen molar-refractivity contribution in [2.45, 2.75) is 90.7 Å². The summed E-state index contributed by atoms with van der Waals surface area (Å²) < 4.78 is 1.89. The Morgan fingerprint density at radius 1 is 1.25 bits per heavy atom. The normalized spacial score (nSPS) is 43.4. The van der Waals surface area contributed by atoms with Gasteiger partial charge in [0.15, 0.2) is 0 Å². The average Bonchev–Trinajstić information content (AvgIpc) is 3.35. The smallest absolute Gasteiger partial charge is 0.137 e. The number of aliphatic hydroxyl groups is 1. The third kappa shape index (κ3) is 3.45. The van der Waals surface area contributed by atoms with Gasteiger partial charge in [0.05, 0.1) is 17.4 Å². The van der Waals surface area contributed by atoms with E-state index in [1.54, 1.807) is 6.20 Å². The van der Waals surface area contributed by atoms with E-state index in [2.05, 4.69) is 31.9 Å². The summed E-state index contributed by atoms with van der Waals surface area (Å²) in [4.78, 5) is 13.7. The Kier molecular flexibility index (Phi) is 5.52. The monoisotopic (exact) mass is 437 g/mol. The standard InChI is InChI=1S/C27H39N3O2/c1-17(2)27(32)10-8-21-19(12-27)4-6-22-23-7-5-20(26(23,3)13-24(31)25(21)22)9-11-30-16-18(14-28)15-29-30/h15-17,19-23,25,32H,4-13H2,1-3H3/t19-,20-,21+,22+,23+,25-,26-,27-/m1/s1. The molecule has 0 amide bonds. The van der Waals surface area contributed by atoms with Crippen LogP contribution in [0.1, 0.15) is 84.1 Å². The Labute approximate surface area is 192 Å². The zero-order chi connectivity index (χ0) is 22.7. The predicted molar refractivity (Wildman–Crippen MR) is 122 cm³/mol. The molecule has 1 aromatic heterocycles. The van der Waals surface area contributed by atoms with E-state index < -0.39 is 5.60 Å². The fraction of sp³-hybridized carbons (Fsp3) is 0.815. The maximum Gasteiger partial charge on any atom is 0.137 e. The first kappa shape index (κ1) is 22.1. The van der Waals surface area contributed by atoms with Crippen LogP contribution in [0.15, 0.2) is 12.4 Å². The third-order valence-corrected chi connectivity index (χ3v) is 10.5. The quantitative estimate of drug-likeness (QED) is 0.720. The molecule has 5 heteroatoms. The van der Waals surface area contributed by atoms with Gasteiger partial charge in [0, 0.05) is 25.1 Å². The van der Waals surface area contributed by atoms with Crippen LogP contribution in [0.2, 0.25) is 0 Å². The van der Waals surface area contributed by atoms with Gasteiger partial charge < -0.3 is 5.11 Å². The van der Waals surface area contributed by atoms with Crippen molar-refractivity contribution in [3.8, 4) is 6.07 Å². The molecule has 1 aromatic rings. The minimum atomic E-state index is -0.531. The summed E-state index contributed by atoms with van der Waals surface area (Å²) in [6.07, 6.45) is 12.9. The summed E-state index contributed by atoms with van der Waals surface area (Å²) >= 11 is 0. The number of aryl methyl sites for hydroxylation is 1. The minimum Gasteiger partial charge on any atom is -0.390 e. The van der Waals surface area contributed by atoms with E-state index in [9.17, 15) is 9.90 Å². The second kappa shape index (κ2) is 7.97. The lowest BCUT2D eigenvalue weighted by Gasteiger charge is -2.56. The van der Waals surface area contributed by atoms with Gasteiger partial charge in [-0.3, -0.25) is 9.48 Å². The van der Waals surface area contributed by atoms with Crippen LogP contribution in [-0.2, 0) is 11.3 Å². The number of nitriles is 1. The van der Waals surface area contributed by atoms with Crippen molar-refractivity contribution in [3.63, 3.8) is 0 Å². The number of carbonyl (C=O) groups excluding carboxylic acids is 1. The summed E-state index contributed by atoms with van der Waals surface area (Å²) in [6.45, 7) is 7.52. The molecule has 1 N–H and O–H groups in total. The molecule has 0 radical (unpaired) electrons. The Morgan fingerprint density at radius 3 is 2.78 bits per heavy atom. The van der Waals surface area contributed by atoms with E-state index in [0.717, 1.165) is 38.6 Å². The van der Waals surface area contributed by atoms with E-state index in [0.29, 0.717) is 46.9 Å². The van der Waals surface area contributed by atoms with Gasteiger partial charge >= 0.3 is 0 Å². The number of hydrogen-bond acceptors (Lipinski definition) is 4. The first-order valence-electron chi connectivity index (χ1n) is 12.9. The van der Waals surface area contributed by atoms with Crippen molar-refractivity contribution in [3.05, 3.63) is 18.0 Å². The second-order valence-electron chi connectivity index (χ2n) is 12.1. The maximum absolute atomic E-state index is 13.7. The molecule has 4 aliphatic carbocycles. The Balaban J connectivity index is 1.30. The Morgan fingerprint density at radius 2 is 2.06 bits per heavy atom. The van der Waals surface area contributed by atoms with E-state index >= 15 is 0 Å². The molecule has 5 rings (SSSR count). The number of Topliss-reactive ketones (excluding diaryl/α,β-unsaturated/α-hetero) is 1. The van der Waals surface area contributed by atoms with Crippen LogP contribution in [0.5, 0.6) is 0 Å². The molecule has 174 valence electrons. The first-order valence-corrected chi connectivity index (χ1v) is 12.9. The zero-order valence-electron chi connectivity index (χ0n) is 20.0. The van der Waals surface area contributed by atoms with E-state index in [4.69, 9.17) is 5.26 Å². The van der Waals surface area contributed by atoms with E-state index in [1.165, 1.54) is 25.7 Å². The van der Waals surface area contributed by atoms with Crippen molar-refractivity contribution >= 4 is 5.78 Å². The van der Waals surface area contributed by atoms with Gasteiger partial charge in [0.2, 0.25) is 0 Å². The topological polar surface area (TPSA) is 78.9 Å². The molecule has 0 aliphatic heterocycles. The van der Waals surface area contributed by atoms with Crippen molar-refractivity contribution in [1.82, 2.24) is 9.78 Å². The summed E-state index contributed by atoms with van der Waals surface area (Å²) in [5.41, 5.74) is 0.199. The number of nitrogens with zero attached hydrogens (tertiary/aromatic N) is 3. The number of aromatic nitrogens is 2. The van der Waals surface area contributed by atoms with Gasteiger partial charge in [0.25, 0.3) is 0 Å². The van der Waals surface area contributed by atoms with E-state index in [1.807, 2.05) is 10.9 Å². The van der Waals surface area contributed by atoms with Gasteiger partial charge in [0.1, 0.15) is 11.9 Å². The van der Waals surface area contributed by atoms with Gasteiger partial charge in [-0.2, -0.15) is 10.4 Å². The lowest BCUT2D eigenvalue weighted by Crippen LogP contribution is -2.55. The van der Waals surface area contributed by atoms with E-state index in [-0.39, 0.29) is 11.3 Å². The average molecular weight is 438 g/mol. The highest BCUT2D eigenvalue weighted by molar-refractivity contribution is 5.83. The van der Waals surface area contributed by atoms with Crippen LogP contribution in [0.3, 0.4) is 0 Å². The molecule has 0 aromatic carbocycles. The van der Waals surface area contributed by atoms with Crippen LogP contribution in [0.25, 0.3) is 0 Å². The van der Waals surface area contributed by atoms with Gasteiger partial charge in [-0.05, 0) is 92.3 Å². The number of carbonyl (C=O) groups is 1. The minimum absolute atomic E-state index is 0.115. The van der Waals surface area contributed by atoms with Gasteiger partial charge in [-0.1, -0.05) is 20.8 Å². The fourth-order valence-corrected chi connectivity index (χ4v) is 8.63. The Hall–Kier alpha value is -1.67. The zero-order valence-corrected chi connectivity index (χ0v) is 20.0. The molecule has 32 heavy (non-hydrogen) atoms.